The first-order valence-corrected chi connectivity index (χ1v) is 21.2. The fourth-order valence-corrected chi connectivity index (χ4v) is 10.7. The highest BCUT2D eigenvalue weighted by atomic mass is 32.2. The Labute approximate surface area is 320 Å². The molecular formula is C43H49F3O6S2. The van der Waals surface area contributed by atoms with Gasteiger partial charge in [0.2, 0.25) is 0 Å². The number of phenolic OH excluding ortho intramolecular Hbond substituents is 1. The van der Waals surface area contributed by atoms with Crippen LogP contribution in [0.4, 0.5) is 13.2 Å². The average Bonchev–Trinajstić information content (AvgIpc) is 3.16. The Morgan fingerprint density at radius 1 is 0.815 bits per heavy atom. The molecule has 11 heteroatoms. The lowest BCUT2D eigenvalue weighted by Gasteiger charge is -2.55. The second-order valence-corrected chi connectivity index (χ2v) is 18.2. The molecule has 4 aromatic rings. The predicted molar refractivity (Wildman–Crippen MR) is 204 cm³/mol. The van der Waals surface area contributed by atoms with Crippen molar-refractivity contribution in [3.8, 4) is 5.75 Å². The van der Waals surface area contributed by atoms with Crippen molar-refractivity contribution >= 4 is 27.0 Å². The van der Waals surface area contributed by atoms with Gasteiger partial charge in [-0.3, -0.25) is 4.79 Å². The smallest absolute Gasteiger partial charge is 0.364 e. The number of halogens is 3. The predicted octanol–water partition coefficient (Wildman–Crippen LogP) is 10.3. The largest absolute Gasteiger partial charge is 0.743 e. The number of carbonyl (C=O) groups excluding carboxylic acids is 1. The Balaban J connectivity index is 0.000000167. The minimum Gasteiger partial charge on any atom is -0.743 e. The molecule has 0 aromatic heterocycles. The van der Waals surface area contributed by atoms with Crippen LogP contribution in [0.2, 0.25) is 0 Å². The molecule has 0 aliphatic heterocycles. The summed E-state index contributed by atoms with van der Waals surface area (Å²) in [6.07, 6.45) is 2.46. The van der Waals surface area contributed by atoms with Crippen LogP contribution in [0.25, 0.3) is 0 Å². The minimum absolute atomic E-state index is 0.0146. The topological polar surface area (TPSA) is 104 Å². The highest BCUT2D eigenvalue weighted by Gasteiger charge is 2.55. The number of rotatable bonds is 11. The van der Waals surface area contributed by atoms with Gasteiger partial charge in [-0.25, -0.2) is 12.8 Å². The lowest BCUT2D eigenvalue weighted by Crippen LogP contribution is -2.50. The van der Waals surface area contributed by atoms with Crippen LogP contribution in [0.1, 0.15) is 76.7 Å². The Hall–Kier alpha value is -3.80. The van der Waals surface area contributed by atoms with E-state index in [0.29, 0.717) is 29.4 Å². The molecule has 8 rings (SSSR count). The van der Waals surface area contributed by atoms with Gasteiger partial charge in [0.15, 0.2) is 31.0 Å². The first-order chi connectivity index (χ1) is 25.7. The molecule has 2 atom stereocenters. The van der Waals surface area contributed by atoms with Crippen LogP contribution in [0, 0.1) is 23.2 Å². The van der Waals surface area contributed by atoms with Crippen LogP contribution in [0.3, 0.4) is 0 Å². The Morgan fingerprint density at radius 2 is 1.22 bits per heavy atom. The maximum Gasteiger partial charge on any atom is 0.364 e. The number of ether oxygens (including phenoxy) is 1. The van der Waals surface area contributed by atoms with Gasteiger partial charge in [-0.05, 0) is 123 Å². The lowest BCUT2D eigenvalue weighted by molar-refractivity contribution is -0.172. The van der Waals surface area contributed by atoms with E-state index in [4.69, 9.17) is 9.84 Å². The van der Waals surface area contributed by atoms with Crippen molar-refractivity contribution in [3.63, 3.8) is 0 Å². The van der Waals surface area contributed by atoms with E-state index in [1.807, 2.05) is 12.1 Å². The molecule has 0 radical (unpaired) electrons. The average molecular weight is 783 g/mol. The molecule has 0 spiro atoms. The standard InChI is InChI=1S/C18H15S.C15H21F3O5S.C10H14O/c1-4-10-16(11-5-1)19(17-12-6-2-7-13-17)18-14-8-3-9-15-18;16-12(15(17,18)24(20,21)22)1-2-23-13(19)14-6-9-3-10(7-14)5-11(4-9)8-14;1-3-8(2)9-4-6-10(11)7-5-9/h1-15H;9-12H,1-8H2,(H,20,21,22);4-8,11H,3H2,1-2H3/q+1;;/p-1. The normalized spacial score (nSPS) is 22.6. The van der Waals surface area contributed by atoms with Gasteiger partial charge in [0.25, 0.3) is 0 Å². The molecule has 4 saturated carbocycles. The number of hydrogen-bond acceptors (Lipinski definition) is 6. The van der Waals surface area contributed by atoms with Crippen LogP contribution < -0.4 is 0 Å². The first-order valence-electron chi connectivity index (χ1n) is 18.5. The minimum atomic E-state index is -6.09. The highest BCUT2D eigenvalue weighted by Crippen LogP contribution is 2.60. The highest BCUT2D eigenvalue weighted by molar-refractivity contribution is 7.97. The molecule has 0 saturated heterocycles. The van der Waals surface area contributed by atoms with Gasteiger partial charge in [-0.2, -0.15) is 8.78 Å². The molecule has 6 nitrogen and oxygen atoms in total. The van der Waals surface area contributed by atoms with E-state index in [1.165, 1.54) is 20.2 Å². The molecule has 4 fully saturated rings. The molecule has 54 heavy (non-hydrogen) atoms. The molecule has 290 valence electrons. The van der Waals surface area contributed by atoms with E-state index in [1.54, 1.807) is 12.1 Å². The van der Waals surface area contributed by atoms with Crippen LogP contribution in [0.5, 0.6) is 5.75 Å². The molecular weight excluding hydrogens is 734 g/mol. The summed E-state index contributed by atoms with van der Waals surface area (Å²) in [4.78, 5) is 16.5. The van der Waals surface area contributed by atoms with E-state index in [-0.39, 0.29) is 10.9 Å². The zero-order valence-corrected chi connectivity index (χ0v) is 32.3. The molecule has 4 aliphatic carbocycles. The van der Waals surface area contributed by atoms with E-state index >= 15 is 0 Å². The molecule has 0 amide bonds. The molecule has 0 heterocycles. The zero-order valence-electron chi connectivity index (χ0n) is 30.7. The summed E-state index contributed by atoms with van der Waals surface area (Å²) in [5.74, 6) is 1.92. The SMILES string of the molecule is CCC(C)c1ccc(O)cc1.O=C(OCCC(F)C(F)(F)S(=O)(=O)[O-])C12CC3CC(CC(C3)C1)C2.c1ccc([S+](c2ccccc2)c2ccccc2)cc1. The van der Waals surface area contributed by atoms with Gasteiger partial charge in [0.05, 0.1) is 22.9 Å². The third kappa shape index (κ3) is 10.3. The van der Waals surface area contributed by atoms with Crippen LogP contribution >= 0.6 is 0 Å². The van der Waals surface area contributed by atoms with Gasteiger partial charge in [0.1, 0.15) is 5.75 Å². The Kier molecular flexibility index (Phi) is 14.0. The van der Waals surface area contributed by atoms with E-state index in [9.17, 15) is 30.9 Å². The van der Waals surface area contributed by atoms with Crippen LogP contribution in [-0.4, -0.2) is 42.1 Å². The summed E-state index contributed by atoms with van der Waals surface area (Å²) in [5, 5.41) is 4.00. The molecule has 4 bridgehead atoms. The van der Waals surface area contributed by atoms with Gasteiger partial charge in [0, 0.05) is 6.42 Å². The number of alkyl halides is 3. The van der Waals surface area contributed by atoms with Gasteiger partial charge in [-0.15, -0.1) is 0 Å². The maximum absolute atomic E-state index is 13.4. The fraction of sp³-hybridized carbons (Fsp3) is 0.419. The summed E-state index contributed by atoms with van der Waals surface area (Å²) in [7, 11) is -6.10. The number of phenols is 1. The van der Waals surface area contributed by atoms with Crippen molar-refractivity contribution in [1.82, 2.24) is 0 Å². The van der Waals surface area contributed by atoms with Crippen molar-refractivity contribution in [2.45, 2.75) is 97.2 Å². The van der Waals surface area contributed by atoms with Crippen molar-refractivity contribution in [2.24, 2.45) is 23.2 Å². The summed E-state index contributed by atoms with van der Waals surface area (Å²) >= 11 is 0. The number of aromatic hydroxyl groups is 1. The number of carbonyl (C=O) groups is 1. The summed E-state index contributed by atoms with van der Waals surface area (Å²) in [6.45, 7) is 3.69. The van der Waals surface area contributed by atoms with Gasteiger partial charge in [-0.1, -0.05) is 80.6 Å². The number of hydrogen-bond donors (Lipinski definition) is 1. The second kappa shape index (κ2) is 18.2. The molecule has 4 aliphatic rings. The fourth-order valence-electron chi connectivity index (χ4n) is 8.21. The maximum atomic E-state index is 13.4. The van der Waals surface area contributed by atoms with Crippen LogP contribution in [0.15, 0.2) is 130 Å². The second-order valence-electron chi connectivity index (χ2n) is 14.8. The third-order valence-corrected chi connectivity index (χ3v) is 13.9. The van der Waals surface area contributed by atoms with Crippen molar-refractivity contribution in [3.05, 3.63) is 121 Å². The number of esters is 1. The van der Waals surface area contributed by atoms with Crippen LogP contribution in [-0.2, 0) is 30.5 Å². The van der Waals surface area contributed by atoms with Crippen molar-refractivity contribution in [1.29, 1.82) is 0 Å². The van der Waals surface area contributed by atoms with Gasteiger partial charge < -0.3 is 14.4 Å². The summed E-state index contributed by atoms with van der Waals surface area (Å²) < 4.78 is 75.6. The zero-order chi connectivity index (χ0) is 38.9. The van der Waals surface area contributed by atoms with E-state index < -0.39 is 46.0 Å². The van der Waals surface area contributed by atoms with Crippen molar-refractivity contribution in [2.75, 3.05) is 6.61 Å². The Morgan fingerprint density at radius 3 is 1.59 bits per heavy atom. The third-order valence-electron chi connectivity index (χ3n) is 10.8. The van der Waals surface area contributed by atoms with E-state index in [0.717, 1.165) is 44.9 Å². The quantitative estimate of drug-likeness (QED) is 0.0923. The lowest BCUT2D eigenvalue weighted by atomic mass is 9.49. The number of benzene rings is 4. The monoisotopic (exact) mass is 782 g/mol. The molecule has 4 aromatic carbocycles. The first kappa shape index (κ1) is 41.4. The van der Waals surface area contributed by atoms with Gasteiger partial charge >= 0.3 is 11.2 Å². The summed E-state index contributed by atoms with van der Waals surface area (Å²) in [5.41, 5.74) is 0.707. The van der Waals surface area contributed by atoms with E-state index in [2.05, 4.69) is 105 Å². The Bertz CT molecular complexity index is 1750. The van der Waals surface area contributed by atoms with Crippen molar-refractivity contribution < 1.29 is 40.8 Å². The molecule has 2 unspecified atom stereocenters. The molecule has 1 N–H and O–H groups in total. The summed E-state index contributed by atoms with van der Waals surface area (Å²) in [6, 6.07) is 39.6.